The van der Waals surface area contributed by atoms with Gasteiger partial charge < -0.3 is 14.3 Å². The minimum atomic E-state index is -0.103. The molecule has 2 aromatic carbocycles. The molecule has 3 heteroatoms. The van der Waals surface area contributed by atoms with E-state index in [1.165, 1.54) is 6.26 Å². The van der Waals surface area contributed by atoms with Gasteiger partial charge in [0.25, 0.3) is 5.95 Å². The molecule has 0 spiro atoms. The van der Waals surface area contributed by atoms with E-state index in [1.54, 1.807) is 0 Å². The Kier molecular flexibility index (Phi) is 2.65. The lowest BCUT2D eigenvalue weighted by Gasteiger charge is -2.07. The summed E-state index contributed by atoms with van der Waals surface area (Å²) in [5, 5.41) is 11.1. The maximum absolute atomic E-state index is 9.64. The van der Waals surface area contributed by atoms with E-state index in [0.717, 1.165) is 10.9 Å². The Morgan fingerprint density at radius 3 is 2.67 bits per heavy atom. The molecule has 1 heterocycles. The molecule has 0 fully saturated rings. The molecule has 0 saturated carbocycles. The summed E-state index contributed by atoms with van der Waals surface area (Å²) < 4.78 is 10.7. The first-order valence-electron chi connectivity index (χ1n) is 5.70. The first-order chi connectivity index (χ1) is 8.84. The van der Waals surface area contributed by atoms with Crippen molar-refractivity contribution in [3.05, 3.63) is 60.4 Å². The molecule has 0 saturated heterocycles. The third-order valence-corrected chi connectivity index (χ3v) is 2.81. The second kappa shape index (κ2) is 4.45. The van der Waals surface area contributed by atoms with E-state index in [9.17, 15) is 5.11 Å². The Morgan fingerprint density at radius 1 is 1.00 bits per heavy atom. The second-order valence-corrected chi connectivity index (χ2v) is 4.04. The molecular weight excluding hydrogens is 228 g/mol. The van der Waals surface area contributed by atoms with Gasteiger partial charge in [-0.3, -0.25) is 0 Å². The summed E-state index contributed by atoms with van der Waals surface area (Å²) >= 11 is 0. The molecule has 0 aliphatic carbocycles. The lowest BCUT2D eigenvalue weighted by molar-refractivity contribution is 0.304. The number of furan rings is 1. The number of benzene rings is 2. The summed E-state index contributed by atoms with van der Waals surface area (Å²) in [6.07, 6.45) is 1.51. The summed E-state index contributed by atoms with van der Waals surface area (Å²) in [7, 11) is 0. The van der Waals surface area contributed by atoms with Crippen molar-refractivity contribution < 1.29 is 14.3 Å². The highest BCUT2D eigenvalue weighted by atomic mass is 16.5. The Bertz CT molecular complexity index is 656. The van der Waals surface area contributed by atoms with Crippen molar-refractivity contribution in [2.45, 2.75) is 6.61 Å². The first kappa shape index (κ1) is 10.7. The summed E-state index contributed by atoms with van der Waals surface area (Å²) in [6, 6.07) is 15.5. The summed E-state index contributed by atoms with van der Waals surface area (Å²) in [5.74, 6) is 0.524. The average Bonchev–Trinajstić information content (AvgIpc) is 2.80. The van der Waals surface area contributed by atoms with Crippen LogP contribution in [-0.4, -0.2) is 5.11 Å². The molecule has 18 heavy (non-hydrogen) atoms. The number of hydrogen-bond donors (Lipinski definition) is 1. The van der Waals surface area contributed by atoms with Gasteiger partial charge in [-0.2, -0.15) is 0 Å². The predicted octanol–water partition coefficient (Wildman–Crippen LogP) is 3.72. The van der Waals surface area contributed by atoms with Crippen molar-refractivity contribution >= 4 is 10.8 Å². The van der Waals surface area contributed by atoms with Crippen LogP contribution in [0.4, 0.5) is 0 Å². The van der Waals surface area contributed by atoms with E-state index in [-0.39, 0.29) is 5.95 Å². The van der Waals surface area contributed by atoms with Crippen molar-refractivity contribution in [1.29, 1.82) is 0 Å². The van der Waals surface area contributed by atoms with Crippen LogP contribution in [0.5, 0.6) is 11.7 Å². The molecule has 0 amide bonds. The molecule has 0 radical (unpaired) electrons. The SMILES string of the molecule is Oc1occ2cccc(OCc3ccccc3)c12. The second-order valence-electron chi connectivity index (χ2n) is 4.04. The monoisotopic (exact) mass is 240 g/mol. The van der Waals surface area contributed by atoms with E-state index in [4.69, 9.17) is 9.15 Å². The average molecular weight is 240 g/mol. The van der Waals surface area contributed by atoms with Gasteiger partial charge in [0.1, 0.15) is 24.0 Å². The summed E-state index contributed by atoms with van der Waals surface area (Å²) in [6.45, 7) is 0.463. The predicted molar refractivity (Wildman–Crippen MR) is 68.7 cm³/mol. The van der Waals surface area contributed by atoms with Crippen molar-refractivity contribution in [3.8, 4) is 11.7 Å². The highest BCUT2D eigenvalue weighted by Crippen LogP contribution is 2.35. The van der Waals surface area contributed by atoms with E-state index in [0.29, 0.717) is 17.7 Å². The number of fused-ring (bicyclic) bond motifs is 1. The zero-order valence-electron chi connectivity index (χ0n) is 9.67. The Morgan fingerprint density at radius 2 is 1.83 bits per heavy atom. The molecular formula is C15H12O3. The van der Waals surface area contributed by atoms with E-state index in [1.807, 2.05) is 48.5 Å². The molecule has 0 aliphatic rings. The minimum absolute atomic E-state index is 0.103. The summed E-state index contributed by atoms with van der Waals surface area (Å²) in [4.78, 5) is 0. The fraction of sp³-hybridized carbons (Fsp3) is 0.0667. The minimum Gasteiger partial charge on any atom is -0.488 e. The Balaban J connectivity index is 1.89. The van der Waals surface area contributed by atoms with Gasteiger partial charge in [0.2, 0.25) is 0 Å². The van der Waals surface area contributed by atoms with Gasteiger partial charge in [0.15, 0.2) is 0 Å². The molecule has 90 valence electrons. The van der Waals surface area contributed by atoms with E-state index >= 15 is 0 Å². The molecule has 3 nitrogen and oxygen atoms in total. The smallest absolute Gasteiger partial charge is 0.293 e. The van der Waals surface area contributed by atoms with Crippen LogP contribution in [0.1, 0.15) is 5.56 Å². The summed E-state index contributed by atoms with van der Waals surface area (Å²) in [5.41, 5.74) is 1.08. The van der Waals surface area contributed by atoms with Crippen LogP contribution in [0.3, 0.4) is 0 Å². The third kappa shape index (κ3) is 1.91. The molecule has 0 unspecified atom stereocenters. The number of aromatic hydroxyl groups is 1. The van der Waals surface area contributed by atoms with Crippen molar-refractivity contribution in [1.82, 2.24) is 0 Å². The van der Waals surface area contributed by atoms with Crippen LogP contribution < -0.4 is 4.74 Å². The lowest BCUT2D eigenvalue weighted by Crippen LogP contribution is -1.95. The van der Waals surface area contributed by atoms with Crippen LogP contribution >= 0.6 is 0 Å². The Labute approximate surface area is 104 Å². The fourth-order valence-corrected chi connectivity index (χ4v) is 1.91. The van der Waals surface area contributed by atoms with Crippen LogP contribution in [0.25, 0.3) is 10.8 Å². The zero-order valence-corrected chi connectivity index (χ0v) is 9.67. The third-order valence-electron chi connectivity index (χ3n) is 2.81. The highest BCUT2D eigenvalue weighted by molar-refractivity contribution is 5.91. The lowest BCUT2D eigenvalue weighted by atomic mass is 10.2. The maximum Gasteiger partial charge on any atom is 0.293 e. The normalized spacial score (nSPS) is 10.7. The van der Waals surface area contributed by atoms with Crippen LogP contribution in [0, 0.1) is 0 Å². The van der Waals surface area contributed by atoms with Gasteiger partial charge in [0.05, 0.1) is 0 Å². The van der Waals surface area contributed by atoms with E-state index < -0.39 is 0 Å². The molecule has 1 aromatic heterocycles. The van der Waals surface area contributed by atoms with Gasteiger partial charge >= 0.3 is 0 Å². The van der Waals surface area contributed by atoms with Crippen molar-refractivity contribution in [2.75, 3.05) is 0 Å². The maximum atomic E-state index is 9.64. The van der Waals surface area contributed by atoms with Crippen LogP contribution in [0.15, 0.2) is 59.2 Å². The topological polar surface area (TPSA) is 42.6 Å². The molecule has 1 N–H and O–H groups in total. The highest BCUT2D eigenvalue weighted by Gasteiger charge is 2.10. The van der Waals surface area contributed by atoms with Gasteiger partial charge in [-0.05, 0) is 11.6 Å². The van der Waals surface area contributed by atoms with E-state index in [2.05, 4.69) is 0 Å². The largest absolute Gasteiger partial charge is 0.488 e. The molecule has 3 rings (SSSR count). The number of ether oxygens (including phenoxy) is 1. The van der Waals surface area contributed by atoms with Gasteiger partial charge in [-0.15, -0.1) is 0 Å². The number of hydrogen-bond acceptors (Lipinski definition) is 3. The Hall–Kier alpha value is -2.42. The van der Waals surface area contributed by atoms with Gasteiger partial charge in [-0.25, -0.2) is 0 Å². The standard InChI is InChI=1S/C15H12O3/c16-15-14-12(10-18-15)7-4-8-13(14)17-9-11-5-2-1-3-6-11/h1-8,10,16H,9H2. The van der Waals surface area contributed by atoms with Crippen molar-refractivity contribution in [2.24, 2.45) is 0 Å². The molecule has 0 bridgehead atoms. The molecule has 0 aliphatic heterocycles. The molecule has 0 atom stereocenters. The fourth-order valence-electron chi connectivity index (χ4n) is 1.91. The first-order valence-corrected chi connectivity index (χ1v) is 5.70. The van der Waals surface area contributed by atoms with Crippen LogP contribution in [-0.2, 0) is 6.61 Å². The van der Waals surface area contributed by atoms with Crippen LogP contribution in [0.2, 0.25) is 0 Å². The van der Waals surface area contributed by atoms with Crippen molar-refractivity contribution in [3.63, 3.8) is 0 Å². The quantitative estimate of drug-likeness (QED) is 0.758. The number of rotatable bonds is 3. The molecule has 3 aromatic rings. The van der Waals surface area contributed by atoms with Gasteiger partial charge in [0, 0.05) is 5.39 Å². The zero-order chi connectivity index (χ0) is 12.4. The van der Waals surface area contributed by atoms with Gasteiger partial charge in [-0.1, -0.05) is 42.5 Å².